The van der Waals surface area contributed by atoms with Gasteiger partial charge in [-0.2, -0.15) is 0 Å². The second-order valence-electron chi connectivity index (χ2n) is 4.71. The van der Waals surface area contributed by atoms with Crippen molar-refractivity contribution in [1.82, 2.24) is 9.80 Å². The number of carbonyl (C=O) groups is 1. The molecule has 1 heterocycles. The lowest BCUT2D eigenvalue weighted by atomic mass is 10.1. The van der Waals surface area contributed by atoms with Crippen LogP contribution in [0.2, 0.25) is 0 Å². The van der Waals surface area contributed by atoms with Gasteiger partial charge in [0, 0.05) is 37.8 Å². The van der Waals surface area contributed by atoms with Crippen molar-refractivity contribution in [2.45, 2.75) is 19.9 Å². The van der Waals surface area contributed by atoms with Crippen LogP contribution in [0, 0.1) is 6.07 Å². The fraction of sp³-hybridized carbons (Fsp3) is 0.500. The predicted molar refractivity (Wildman–Crippen MR) is 67.9 cm³/mol. The zero-order valence-electron chi connectivity index (χ0n) is 10.5. The summed E-state index contributed by atoms with van der Waals surface area (Å²) >= 11 is 0. The van der Waals surface area contributed by atoms with E-state index in [9.17, 15) is 4.79 Å². The molecule has 3 heteroatoms. The molecule has 1 aliphatic heterocycles. The summed E-state index contributed by atoms with van der Waals surface area (Å²) in [6.07, 6.45) is 0. The molecular formula is C14H19N2O. The molecule has 1 amide bonds. The molecule has 0 aliphatic carbocycles. The Balaban J connectivity index is 1.95. The summed E-state index contributed by atoms with van der Waals surface area (Å²) in [5.41, 5.74) is 0.766. The normalized spacial score (nSPS) is 17.5. The van der Waals surface area contributed by atoms with Gasteiger partial charge in [0.1, 0.15) is 0 Å². The third kappa shape index (κ3) is 2.86. The number of hydrogen-bond donors (Lipinski definition) is 0. The summed E-state index contributed by atoms with van der Waals surface area (Å²) in [6, 6.07) is 10.7. The Labute approximate surface area is 103 Å². The Morgan fingerprint density at radius 1 is 1.18 bits per heavy atom. The van der Waals surface area contributed by atoms with E-state index in [1.807, 2.05) is 17.0 Å². The molecule has 3 nitrogen and oxygen atoms in total. The highest BCUT2D eigenvalue weighted by Gasteiger charge is 2.22. The van der Waals surface area contributed by atoms with Gasteiger partial charge in [-0.05, 0) is 32.0 Å². The zero-order valence-corrected chi connectivity index (χ0v) is 10.5. The first-order chi connectivity index (χ1) is 8.18. The number of hydrogen-bond acceptors (Lipinski definition) is 2. The number of nitrogens with zero attached hydrogens (tertiary/aromatic N) is 2. The summed E-state index contributed by atoms with van der Waals surface area (Å²) in [4.78, 5) is 16.5. The SMILES string of the molecule is CC(C)N1CCN(C(=O)c2cc[c]cc2)CC1. The van der Waals surface area contributed by atoms with Gasteiger partial charge in [0.25, 0.3) is 5.91 Å². The lowest BCUT2D eigenvalue weighted by Crippen LogP contribution is -2.50. The molecule has 91 valence electrons. The van der Waals surface area contributed by atoms with Crippen LogP contribution in [0.15, 0.2) is 24.3 Å². The second kappa shape index (κ2) is 5.32. The molecule has 1 aromatic carbocycles. The molecule has 0 spiro atoms. The van der Waals surface area contributed by atoms with Crippen molar-refractivity contribution in [2.24, 2.45) is 0 Å². The fourth-order valence-electron chi connectivity index (χ4n) is 2.15. The van der Waals surface area contributed by atoms with Crippen molar-refractivity contribution < 1.29 is 4.79 Å². The summed E-state index contributed by atoms with van der Waals surface area (Å²) in [7, 11) is 0. The van der Waals surface area contributed by atoms with Crippen LogP contribution < -0.4 is 0 Å². The first-order valence-electron chi connectivity index (χ1n) is 6.18. The molecule has 0 unspecified atom stereocenters. The maximum absolute atomic E-state index is 12.2. The standard InChI is InChI=1S/C14H19N2O/c1-12(2)15-8-10-16(11-9-15)14(17)13-6-4-3-5-7-13/h4-7,12H,8-11H2,1-2H3. The molecule has 0 N–H and O–H groups in total. The predicted octanol–water partition coefficient (Wildman–Crippen LogP) is 1.65. The smallest absolute Gasteiger partial charge is 0.253 e. The number of benzene rings is 1. The van der Waals surface area contributed by atoms with E-state index in [0.29, 0.717) is 6.04 Å². The monoisotopic (exact) mass is 231 g/mol. The molecule has 0 atom stereocenters. The molecule has 1 radical (unpaired) electrons. The van der Waals surface area contributed by atoms with Gasteiger partial charge in [-0.3, -0.25) is 9.69 Å². The average molecular weight is 231 g/mol. The summed E-state index contributed by atoms with van der Waals surface area (Å²) in [6.45, 7) is 8.00. The molecule has 17 heavy (non-hydrogen) atoms. The molecule has 0 saturated carbocycles. The van der Waals surface area contributed by atoms with Crippen LogP contribution in [-0.2, 0) is 0 Å². The topological polar surface area (TPSA) is 23.6 Å². The van der Waals surface area contributed by atoms with Crippen LogP contribution in [0.3, 0.4) is 0 Å². The minimum absolute atomic E-state index is 0.141. The van der Waals surface area contributed by atoms with Crippen molar-refractivity contribution in [1.29, 1.82) is 0 Å². The summed E-state index contributed by atoms with van der Waals surface area (Å²) in [5, 5.41) is 0. The third-order valence-corrected chi connectivity index (χ3v) is 3.30. The third-order valence-electron chi connectivity index (χ3n) is 3.30. The van der Waals surface area contributed by atoms with Gasteiger partial charge in [0.2, 0.25) is 0 Å². The minimum Gasteiger partial charge on any atom is -0.336 e. The van der Waals surface area contributed by atoms with Gasteiger partial charge in [0.05, 0.1) is 0 Å². The van der Waals surface area contributed by atoms with E-state index in [0.717, 1.165) is 31.7 Å². The van der Waals surface area contributed by atoms with Crippen molar-refractivity contribution in [2.75, 3.05) is 26.2 Å². The molecule has 1 aromatic rings. The van der Waals surface area contributed by atoms with E-state index in [-0.39, 0.29) is 5.91 Å². The molecule has 0 bridgehead atoms. The van der Waals surface area contributed by atoms with E-state index in [1.54, 1.807) is 12.1 Å². The van der Waals surface area contributed by atoms with E-state index in [2.05, 4.69) is 24.8 Å². The highest BCUT2D eigenvalue weighted by atomic mass is 16.2. The molecule has 0 aromatic heterocycles. The fourth-order valence-corrected chi connectivity index (χ4v) is 2.15. The highest BCUT2D eigenvalue weighted by molar-refractivity contribution is 5.94. The lowest BCUT2D eigenvalue weighted by molar-refractivity contribution is 0.0595. The average Bonchev–Trinajstić information content (AvgIpc) is 2.39. The van der Waals surface area contributed by atoms with Crippen molar-refractivity contribution in [3.8, 4) is 0 Å². The second-order valence-corrected chi connectivity index (χ2v) is 4.71. The van der Waals surface area contributed by atoms with Crippen LogP contribution in [0.25, 0.3) is 0 Å². The van der Waals surface area contributed by atoms with Gasteiger partial charge in [0.15, 0.2) is 0 Å². The molecular weight excluding hydrogens is 212 g/mol. The Morgan fingerprint density at radius 2 is 1.76 bits per heavy atom. The first-order valence-corrected chi connectivity index (χ1v) is 6.18. The van der Waals surface area contributed by atoms with Gasteiger partial charge in [-0.15, -0.1) is 0 Å². The maximum Gasteiger partial charge on any atom is 0.253 e. The Bertz CT molecular complexity index is 367. The number of rotatable bonds is 2. The summed E-state index contributed by atoms with van der Waals surface area (Å²) < 4.78 is 0. The van der Waals surface area contributed by atoms with E-state index < -0.39 is 0 Å². The van der Waals surface area contributed by atoms with E-state index in [1.165, 1.54) is 0 Å². The van der Waals surface area contributed by atoms with Crippen molar-refractivity contribution in [3.05, 3.63) is 35.9 Å². The maximum atomic E-state index is 12.2. The van der Waals surface area contributed by atoms with Crippen LogP contribution in [0.5, 0.6) is 0 Å². The Morgan fingerprint density at radius 3 is 2.29 bits per heavy atom. The lowest BCUT2D eigenvalue weighted by Gasteiger charge is -2.36. The van der Waals surface area contributed by atoms with Gasteiger partial charge < -0.3 is 4.90 Å². The largest absolute Gasteiger partial charge is 0.336 e. The van der Waals surface area contributed by atoms with Crippen LogP contribution in [0.4, 0.5) is 0 Å². The van der Waals surface area contributed by atoms with Crippen molar-refractivity contribution in [3.63, 3.8) is 0 Å². The minimum atomic E-state index is 0.141. The van der Waals surface area contributed by atoms with Crippen LogP contribution in [0.1, 0.15) is 24.2 Å². The molecule has 1 saturated heterocycles. The zero-order chi connectivity index (χ0) is 12.3. The first kappa shape index (κ1) is 12.1. The van der Waals surface area contributed by atoms with Gasteiger partial charge >= 0.3 is 0 Å². The van der Waals surface area contributed by atoms with E-state index >= 15 is 0 Å². The summed E-state index contributed by atoms with van der Waals surface area (Å²) in [5.74, 6) is 0.141. The molecule has 2 rings (SSSR count). The van der Waals surface area contributed by atoms with E-state index in [4.69, 9.17) is 0 Å². The molecule has 1 aliphatic rings. The van der Waals surface area contributed by atoms with Crippen LogP contribution >= 0.6 is 0 Å². The number of carbonyl (C=O) groups excluding carboxylic acids is 1. The Kier molecular flexibility index (Phi) is 3.79. The van der Waals surface area contributed by atoms with Crippen molar-refractivity contribution >= 4 is 5.91 Å². The Hall–Kier alpha value is -1.35. The van der Waals surface area contributed by atoms with Gasteiger partial charge in [-0.25, -0.2) is 0 Å². The number of piperazine rings is 1. The quantitative estimate of drug-likeness (QED) is 0.772. The number of amides is 1. The molecule has 1 fully saturated rings. The van der Waals surface area contributed by atoms with Gasteiger partial charge in [-0.1, -0.05) is 12.1 Å². The van der Waals surface area contributed by atoms with Crippen LogP contribution in [-0.4, -0.2) is 47.9 Å². The highest BCUT2D eigenvalue weighted by Crippen LogP contribution is 2.10.